The van der Waals surface area contributed by atoms with Gasteiger partial charge in [-0.2, -0.15) is 0 Å². The molecular formula is C13H18FNOS. The minimum absolute atomic E-state index is 0.107. The summed E-state index contributed by atoms with van der Waals surface area (Å²) in [6.45, 7) is 0. The molecule has 3 atom stereocenters. The molecule has 17 heavy (non-hydrogen) atoms. The van der Waals surface area contributed by atoms with Crippen molar-refractivity contribution >= 4 is 10.8 Å². The second-order valence-electron chi connectivity index (χ2n) is 4.47. The lowest BCUT2D eigenvalue weighted by atomic mass is 9.95. The minimum Gasteiger partial charge on any atom is -0.316 e. The van der Waals surface area contributed by atoms with Crippen molar-refractivity contribution in [3.8, 4) is 0 Å². The molecule has 1 aromatic rings. The van der Waals surface area contributed by atoms with Gasteiger partial charge in [0, 0.05) is 10.9 Å². The fraction of sp³-hybridized carbons (Fsp3) is 0.538. The second kappa shape index (κ2) is 5.74. The molecule has 0 bridgehead atoms. The third-order valence-corrected chi connectivity index (χ3v) is 5.21. The van der Waals surface area contributed by atoms with Gasteiger partial charge < -0.3 is 5.32 Å². The zero-order valence-corrected chi connectivity index (χ0v) is 10.8. The van der Waals surface area contributed by atoms with E-state index in [4.69, 9.17) is 0 Å². The molecule has 3 unspecified atom stereocenters. The summed E-state index contributed by atoms with van der Waals surface area (Å²) in [5.74, 6) is -0.312. The minimum atomic E-state index is -1.11. The lowest BCUT2D eigenvalue weighted by Crippen LogP contribution is -2.42. The Morgan fingerprint density at radius 3 is 2.82 bits per heavy atom. The SMILES string of the molecule is CNC1CCCCC1S(=O)c1cccc(F)c1. The van der Waals surface area contributed by atoms with Gasteiger partial charge in [-0.25, -0.2) is 4.39 Å². The molecule has 0 aliphatic heterocycles. The van der Waals surface area contributed by atoms with Gasteiger partial charge in [0.05, 0.1) is 16.0 Å². The van der Waals surface area contributed by atoms with Crippen molar-refractivity contribution in [2.45, 2.75) is 41.9 Å². The van der Waals surface area contributed by atoms with Gasteiger partial charge in [0.25, 0.3) is 0 Å². The largest absolute Gasteiger partial charge is 0.316 e. The van der Waals surface area contributed by atoms with Crippen LogP contribution in [-0.4, -0.2) is 22.5 Å². The van der Waals surface area contributed by atoms with Crippen LogP contribution in [-0.2, 0) is 10.8 Å². The monoisotopic (exact) mass is 255 g/mol. The van der Waals surface area contributed by atoms with Crippen molar-refractivity contribution in [3.05, 3.63) is 30.1 Å². The van der Waals surface area contributed by atoms with Crippen molar-refractivity contribution < 1.29 is 8.60 Å². The molecule has 94 valence electrons. The first-order chi connectivity index (χ1) is 8.22. The smallest absolute Gasteiger partial charge is 0.124 e. The molecule has 0 aromatic heterocycles. The van der Waals surface area contributed by atoms with Gasteiger partial charge in [0.15, 0.2) is 0 Å². The predicted octanol–water partition coefficient (Wildman–Crippen LogP) is 2.46. The first-order valence-electron chi connectivity index (χ1n) is 6.06. The maximum atomic E-state index is 13.1. The Morgan fingerprint density at radius 1 is 1.35 bits per heavy atom. The van der Waals surface area contributed by atoms with Crippen LogP contribution in [0.15, 0.2) is 29.2 Å². The van der Waals surface area contributed by atoms with E-state index in [1.165, 1.54) is 18.6 Å². The quantitative estimate of drug-likeness (QED) is 0.899. The maximum absolute atomic E-state index is 13.1. The molecule has 1 N–H and O–H groups in total. The summed E-state index contributed by atoms with van der Waals surface area (Å²) in [4.78, 5) is 0.608. The van der Waals surface area contributed by atoms with E-state index in [1.54, 1.807) is 12.1 Å². The molecular weight excluding hydrogens is 237 g/mol. The number of rotatable bonds is 3. The topological polar surface area (TPSA) is 29.1 Å². The van der Waals surface area contributed by atoms with Crippen LogP contribution in [0.3, 0.4) is 0 Å². The zero-order chi connectivity index (χ0) is 12.3. The average Bonchev–Trinajstić information content (AvgIpc) is 2.38. The summed E-state index contributed by atoms with van der Waals surface area (Å²) in [5, 5.41) is 3.34. The van der Waals surface area contributed by atoms with Crippen LogP contribution in [0.1, 0.15) is 25.7 Å². The number of nitrogens with one attached hydrogen (secondary N) is 1. The van der Waals surface area contributed by atoms with Gasteiger partial charge in [0.1, 0.15) is 5.82 Å². The number of hydrogen-bond acceptors (Lipinski definition) is 2. The molecule has 0 saturated heterocycles. The standard InChI is InChI=1S/C13H18FNOS/c1-15-12-7-2-3-8-13(12)17(16)11-6-4-5-10(14)9-11/h4-6,9,12-13,15H,2-3,7-8H2,1H3. The van der Waals surface area contributed by atoms with Gasteiger partial charge >= 0.3 is 0 Å². The molecule has 1 saturated carbocycles. The van der Waals surface area contributed by atoms with Crippen LogP contribution in [0.5, 0.6) is 0 Å². The van der Waals surface area contributed by atoms with Gasteiger partial charge in [0.2, 0.25) is 0 Å². The molecule has 0 spiro atoms. The fourth-order valence-electron chi connectivity index (χ4n) is 2.45. The Morgan fingerprint density at radius 2 is 2.12 bits per heavy atom. The highest BCUT2D eigenvalue weighted by Gasteiger charge is 2.29. The highest BCUT2D eigenvalue weighted by Crippen LogP contribution is 2.26. The molecule has 0 radical (unpaired) electrons. The van der Waals surface area contributed by atoms with Crippen molar-refractivity contribution in [1.29, 1.82) is 0 Å². The Bertz CT molecular complexity index is 410. The van der Waals surface area contributed by atoms with E-state index < -0.39 is 10.8 Å². The van der Waals surface area contributed by atoms with Crippen molar-refractivity contribution in [2.24, 2.45) is 0 Å². The van der Waals surface area contributed by atoms with Crippen molar-refractivity contribution in [3.63, 3.8) is 0 Å². The van der Waals surface area contributed by atoms with Gasteiger partial charge in [-0.05, 0) is 38.1 Å². The summed E-state index contributed by atoms with van der Waals surface area (Å²) < 4.78 is 25.5. The van der Waals surface area contributed by atoms with Crippen LogP contribution >= 0.6 is 0 Å². The van der Waals surface area contributed by atoms with E-state index in [0.717, 1.165) is 19.3 Å². The van der Waals surface area contributed by atoms with Gasteiger partial charge in [-0.15, -0.1) is 0 Å². The molecule has 1 aromatic carbocycles. The third-order valence-electron chi connectivity index (χ3n) is 3.38. The van der Waals surface area contributed by atoms with Crippen LogP contribution < -0.4 is 5.32 Å². The fourth-order valence-corrected chi connectivity index (χ4v) is 4.19. The average molecular weight is 255 g/mol. The molecule has 1 aliphatic carbocycles. The Labute approximate surface area is 104 Å². The van der Waals surface area contributed by atoms with Crippen molar-refractivity contribution in [1.82, 2.24) is 5.32 Å². The Hall–Kier alpha value is -0.740. The van der Waals surface area contributed by atoms with Crippen LogP contribution in [0.2, 0.25) is 0 Å². The number of halogens is 1. The zero-order valence-electron chi connectivity index (χ0n) is 9.99. The van der Waals surface area contributed by atoms with E-state index in [0.29, 0.717) is 4.90 Å². The van der Waals surface area contributed by atoms with E-state index >= 15 is 0 Å². The molecule has 0 amide bonds. The summed E-state index contributed by atoms with van der Waals surface area (Å²) in [5.41, 5.74) is 0. The summed E-state index contributed by atoms with van der Waals surface area (Å²) >= 11 is 0. The predicted molar refractivity (Wildman–Crippen MR) is 67.9 cm³/mol. The van der Waals surface area contributed by atoms with E-state index in [1.807, 2.05) is 7.05 Å². The lowest BCUT2D eigenvalue weighted by Gasteiger charge is -2.30. The molecule has 1 fully saturated rings. The number of hydrogen-bond donors (Lipinski definition) is 1. The first kappa shape index (κ1) is 12.7. The lowest BCUT2D eigenvalue weighted by molar-refractivity contribution is 0.399. The summed E-state index contributed by atoms with van der Waals surface area (Å²) in [6.07, 6.45) is 4.31. The van der Waals surface area contributed by atoms with Crippen LogP contribution in [0.4, 0.5) is 4.39 Å². The van der Waals surface area contributed by atoms with Crippen molar-refractivity contribution in [2.75, 3.05) is 7.05 Å². The Kier molecular flexibility index (Phi) is 4.29. The molecule has 2 rings (SSSR count). The normalized spacial score (nSPS) is 26.7. The third kappa shape index (κ3) is 2.93. The van der Waals surface area contributed by atoms with Gasteiger partial charge in [-0.3, -0.25) is 4.21 Å². The van der Waals surface area contributed by atoms with E-state index in [2.05, 4.69) is 5.32 Å². The molecule has 4 heteroatoms. The highest BCUT2D eigenvalue weighted by atomic mass is 32.2. The second-order valence-corrected chi connectivity index (χ2v) is 6.14. The first-order valence-corrected chi connectivity index (χ1v) is 7.27. The maximum Gasteiger partial charge on any atom is 0.124 e. The Balaban J connectivity index is 2.18. The molecule has 0 heterocycles. The van der Waals surface area contributed by atoms with Crippen LogP contribution in [0.25, 0.3) is 0 Å². The summed E-state index contributed by atoms with van der Waals surface area (Å²) in [7, 11) is 0.796. The molecule has 2 nitrogen and oxygen atoms in total. The van der Waals surface area contributed by atoms with Crippen LogP contribution in [0, 0.1) is 5.82 Å². The van der Waals surface area contributed by atoms with Gasteiger partial charge in [-0.1, -0.05) is 18.9 Å². The number of benzene rings is 1. The molecule has 1 aliphatic rings. The summed E-state index contributed by atoms with van der Waals surface area (Å²) in [6, 6.07) is 6.43. The highest BCUT2D eigenvalue weighted by molar-refractivity contribution is 7.85. The van der Waals surface area contributed by atoms with E-state index in [-0.39, 0.29) is 17.1 Å². The van der Waals surface area contributed by atoms with E-state index in [9.17, 15) is 8.60 Å².